The molecular formula is C33H43Br2N7O3S. The number of nitrogens with two attached hydrogens (primary N) is 1. The highest BCUT2D eigenvalue weighted by Crippen LogP contribution is 2.35. The number of carbonyl (C=O) groups is 2. The fourth-order valence-electron chi connectivity index (χ4n) is 7.34. The molecule has 1 aromatic carbocycles. The molecule has 2 unspecified atom stereocenters. The minimum atomic E-state index is -1.04. The van der Waals surface area contributed by atoms with E-state index in [0.29, 0.717) is 35.6 Å². The van der Waals surface area contributed by atoms with Gasteiger partial charge in [-0.3, -0.25) is 14.3 Å². The summed E-state index contributed by atoms with van der Waals surface area (Å²) in [6.07, 6.45) is 6.61. The first-order valence-corrected chi connectivity index (χ1v) is 19.1. The predicted molar refractivity (Wildman–Crippen MR) is 191 cm³/mol. The standard InChI is InChI=1S/C33H43Br2N7O3S/c1-38-13-7-23(8-14-38)24-9-15-39(16-10-24)30(43)28(19-34)42(26-5-3-2-4-6-26)32(45)40-17-12-33(36,29(35)21-40)41-20-27(37-31(41)44)25-11-18-46-22-25/h2-6,11,18,20,22-24,28-29H,7-10,12-17,19,21,36H2,1H3,(H,37,44)/t28-,29?,33?/m0/s1. The van der Waals surface area contributed by atoms with Crippen molar-refractivity contribution in [3.63, 3.8) is 0 Å². The lowest BCUT2D eigenvalue weighted by molar-refractivity contribution is -0.133. The smallest absolute Gasteiger partial charge is 0.327 e. The van der Waals surface area contributed by atoms with Crippen molar-refractivity contribution in [3.8, 4) is 11.3 Å². The molecule has 6 rings (SSSR count). The van der Waals surface area contributed by atoms with Crippen LogP contribution in [0.25, 0.3) is 11.3 Å². The van der Waals surface area contributed by atoms with Crippen LogP contribution >= 0.6 is 43.2 Å². The van der Waals surface area contributed by atoms with Crippen LogP contribution in [0, 0.1) is 11.8 Å². The Balaban J connectivity index is 1.17. The number of anilines is 1. The van der Waals surface area contributed by atoms with Crippen molar-refractivity contribution in [2.24, 2.45) is 17.6 Å². The summed E-state index contributed by atoms with van der Waals surface area (Å²) >= 11 is 8.91. The lowest BCUT2D eigenvalue weighted by Gasteiger charge is -2.45. The summed E-state index contributed by atoms with van der Waals surface area (Å²) in [6.45, 7) is 4.35. The quantitative estimate of drug-likeness (QED) is 0.330. The van der Waals surface area contributed by atoms with Gasteiger partial charge in [0.25, 0.3) is 0 Å². The molecule has 3 amide bonds. The van der Waals surface area contributed by atoms with Crippen molar-refractivity contribution in [1.82, 2.24) is 24.3 Å². The van der Waals surface area contributed by atoms with Crippen molar-refractivity contribution < 1.29 is 9.59 Å². The van der Waals surface area contributed by atoms with Crippen molar-refractivity contribution in [2.75, 3.05) is 56.5 Å². The predicted octanol–water partition coefficient (Wildman–Crippen LogP) is 4.96. The van der Waals surface area contributed by atoms with Gasteiger partial charge in [-0.25, -0.2) is 9.59 Å². The number of hydrogen-bond donors (Lipinski definition) is 2. The Morgan fingerprint density at radius 2 is 1.72 bits per heavy atom. The number of alkyl halides is 2. The average Bonchev–Trinajstić information content (AvgIpc) is 3.76. The van der Waals surface area contributed by atoms with E-state index in [4.69, 9.17) is 5.73 Å². The second-order valence-corrected chi connectivity index (χ2v) is 15.5. The number of aromatic nitrogens is 2. The van der Waals surface area contributed by atoms with E-state index in [9.17, 15) is 14.4 Å². The van der Waals surface area contributed by atoms with E-state index in [2.05, 4.69) is 48.8 Å². The second-order valence-electron chi connectivity index (χ2n) is 13.0. The molecule has 3 fully saturated rings. The summed E-state index contributed by atoms with van der Waals surface area (Å²) in [4.78, 5) is 51.9. The van der Waals surface area contributed by atoms with E-state index in [1.807, 2.05) is 52.1 Å². The number of piperidine rings is 3. The zero-order valence-electron chi connectivity index (χ0n) is 26.2. The highest BCUT2D eigenvalue weighted by atomic mass is 79.9. The van der Waals surface area contributed by atoms with Gasteiger partial charge in [-0.05, 0) is 81.2 Å². The van der Waals surface area contributed by atoms with E-state index < -0.39 is 16.5 Å². The minimum Gasteiger partial charge on any atom is -0.341 e. The van der Waals surface area contributed by atoms with Crippen molar-refractivity contribution in [3.05, 3.63) is 63.8 Å². The Kier molecular flexibility index (Phi) is 10.4. The van der Waals surface area contributed by atoms with Gasteiger partial charge in [-0.2, -0.15) is 11.3 Å². The monoisotopic (exact) mass is 775 g/mol. The van der Waals surface area contributed by atoms with Gasteiger partial charge < -0.3 is 25.4 Å². The maximum absolute atomic E-state index is 14.4. The number of carbonyl (C=O) groups excluding carboxylic acids is 2. The summed E-state index contributed by atoms with van der Waals surface area (Å²) in [5.74, 6) is 1.36. The molecule has 0 spiro atoms. The number of likely N-dealkylation sites (tertiary alicyclic amines) is 3. The van der Waals surface area contributed by atoms with Crippen LogP contribution in [0.5, 0.6) is 0 Å². The minimum absolute atomic E-state index is 0.0312. The molecule has 0 aliphatic carbocycles. The van der Waals surface area contributed by atoms with Crippen LogP contribution in [0.1, 0.15) is 32.1 Å². The number of thiophene rings is 1. The number of nitrogens with one attached hydrogen (secondary N) is 1. The second kappa shape index (κ2) is 14.3. The van der Waals surface area contributed by atoms with Crippen molar-refractivity contribution >= 4 is 60.8 Å². The molecule has 46 heavy (non-hydrogen) atoms. The molecule has 0 radical (unpaired) electrons. The fourth-order valence-corrected chi connectivity index (χ4v) is 9.36. The van der Waals surface area contributed by atoms with Crippen molar-refractivity contribution in [1.29, 1.82) is 0 Å². The molecule has 3 aliphatic rings. The number of imidazole rings is 1. The largest absolute Gasteiger partial charge is 0.341 e. The van der Waals surface area contributed by atoms with Crippen LogP contribution in [0.3, 0.4) is 0 Å². The number of urea groups is 1. The molecule has 3 aromatic rings. The number of nitrogens with zero attached hydrogens (tertiary/aromatic N) is 5. The zero-order valence-corrected chi connectivity index (χ0v) is 30.2. The van der Waals surface area contributed by atoms with Crippen LogP contribution in [0.2, 0.25) is 0 Å². The van der Waals surface area contributed by atoms with Crippen molar-refractivity contribution in [2.45, 2.75) is 48.6 Å². The van der Waals surface area contributed by atoms with Crippen LogP contribution in [-0.4, -0.2) is 98.7 Å². The highest BCUT2D eigenvalue weighted by molar-refractivity contribution is 9.09. The van der Waals surface area contributed by atoms with Crippen LogP contribution in [0.15, 0.2) is 58.1 Å². The number of hydrogen-bond acceptors (Lipinski definition) is 6. The van der Waals surface area contributed by atoms with Gasteiger partial charge in [-0.15, -0.1) is 0 Å². The van der Waals surface area contributed by atoms with Gasteiger partial charge in [-0.1, -0.05) is 50.1 Å². The average molecular weight is 778 g/mol. The van der Waals surface area contributed by atoms with Crippen LogP contribution < -0.4 is 16.3 Å². The topological polar surface area (TPSA) is 111 Å². The number of amides is 3. The number of halogens is 2. The summed E-state index contributed by atoms with van der Waals surface area (Å²) in [6, 6.07) is 10.4. The lowest BCUT2D eigenvalue weighted by Crippen LogP contribution is -2.64. The van der Waals surface area contributed by atoms with E-state index in [-0.39, 0.29) is 24.2 Å². The fraction of sp³-hybridized carbons (Fsp3) is 0.545. The maximum Gasteiger partial charge on any atom is 0.327 e. The van der Waals surface area contributed by atoms with E-state index in [0.717, 1.165) is 50.5 Å². The third-order valence-electron chi connectivity index (χ3n) is 10.2. The Bertz CT molecular complexity index is 1530. The van der Waals surface area contributed by atoms with Gasteiger partial charge in [0.1, 0.15) is 11.7 Å². The van der Waals surface area contributed by atoms with Gasteiger partial charge in [0.15, 0.2) is 0 Å². The third kappa shape index (κ3) is 6.76. The molecule has 3 saturated heterocycles. The molecule has 0 saturated carbocycles. The maximum atomic E-state index is 14.4. The molecule has 3 atom stereocenters. The van der Waals surface area contributed by atoms with Gasteiger partial charge in [0.05, 0.1) is 10.5 Å². The Morgan fingerprint density at radius 3 is 2.33 bits per heavy atom. The van der Waals surface area contributed by atoms with Crippen LogP contribution in [-0.2, 0) is 10.5 Å². The molecule has 248 valence electrons. The first kappa shape index (κ1) is 33.5. The molecule has 5 heterocycles. The molecule has 10 nitrogen and oxygen atoms in total. The van der Waals surface area contributed by atoms with E-state index in [1.165, 1.54) is 12.8 Å². The lowest BCUT2D eigenvalue weighted by atomic mass is 9.79. The number of rotatable bonds is 7. The number of H-pyrrole nitrogens is 1. The Labute approximate surface area is 291 Å². The first-order chi connectivity index (χ1) is 22.2. The molecular weight excluding hydrogens is 734 g/mol. The SMILES string of the molecule is CN1CCC(C2CCN(C(=O)[C@H](CBr)N(C(=O)N3CCC(N)(n4cc(-c5ccsc5)[nH]c4=O)C(Br)C3)c3ccccc3)CC2)CC1. The van der Waals surface area contributed by atoms with Crippen LogP contribution in [0.4, 0.5) is 10.5 Å². The molecule has 13 heteroatoms. The highest BCUT2D eigenvalue weighted by Gasteiger charge is 2.45. The van der Waals surface area contributed by atoms with E-state index >= 15 is 0 Å². The third-order valence-corrected chi connectivity index (χ3v) is 12.6. The zero-order chi connectivity index (χ0) is 32.4. The summed E-state index contributed by atoms with van der Waals surface area (Å²) in [7, 11) is 2.19. The molecule has 3 N–H and O–H groups in total. The first-order valence-electron chi connectivity index (χ1n) is 16.1. The normalized spacial score (nSPS) is 24.2. The van der Waals surface area contributed by atoms with Gasteiger partial charge in [0.2, 0.25) is 5.91 Å². The Morgan fingerprint density at radius 1 is 1.04 bits per heavy atom. The molecule has 2 aromatic heterocycles. The summed E-state index contributed by atoms with van der Waals surface area (Å²) in [5, 5.41) is 4.25. The number of benzene rings is 1. The van der Waals surface area contributed by atoms with Gasteiger partial charge >= 0.3 is 11.7 Å². The summed E-state index contributed by atoms with van der Waals surface area (Å²) in [5.41, 5.74) is 7.90. The molecule has 0 bridgehead atoms. The van der Waals surface area contributed by atoms with Gasteiger partial charge in [0, 0.05) is 60.8 Å². The van der Waals surface area contributed by atoms with E-state index in [1.54, 1.807) is 31.9 Å². The number of aromatic amines is 1. The number of para-hydroxylation sites is 1. The molecule has 3 aliphatic heterocycles. The Hall–Kier alpha value is -2.45. The summed E-state index contributed by atoms with van der Waals surface area (Å²) < 4.78 is 1.55.